The van der Waals surface area contributed by atoms with Crippen LogP contribution < -0.4 is 10.0 Å². The smallest absolute Gasteiger partial charge is 0.264 e. The zero-order valence-corrected chi connectivity index (χ0v) is 18.8. The number of anilines is 2. The van der Waals surface area contributed by atoms with Crippen LogP contribution in [0.4, 0.5) is 11.6 Å². The van der Waals surface area contributed by atoms with E-state index in [9.17, 15) is 8.42 Å². The second-order valence-electron chi connectivity index (χ2n) is 7.32. The molecule has 2 heterocycles. The van der Waals surface area contributed by atoms with Crippen LogP contribution in [0.15, 0.2) is 90.1 Å². The van der Waals surface area contributed by atoms with Gasteiger partial charge in [0.2, 0.25) is 5.95 Å². The van der Waals surface area contributed by atoms with E-state index >= 15 is 0 Å². The molecule has 0 spiro atoms. The molecule has 5 aromatic rings. The molecule has 0 saturated heterocycles. The fraction of sp³-hybridized carbons (Fsp3) is 0.0417. The lowest BCUT2D eigenvalue weighted by Crippen LogP contribution is -2.14. The number of hydrogen-bond donors (Lipinski definition) is 2. The number of halogens is 1. The first-order valence-electron chi connectivity index (χ1n) is 10.1. The van der Waals surface area contributed by atoms with E-state index in [0.717, 1.165) is 33.1 Å². The van der Waals surface area contributed by atoms with Crippen molar-refractivity contribution in [1.82, 2.24) is 15.0 Å². The number of fused-ring (bicyclic) bond motifs is 2. The highest BCUT2D eigenvalue weighted by Crippen LogP contribution is 2.29. The van der Waals surface area contributed by atoms with Crippen LogP contribution in [0.3, 0.4) is 0 Å². The van der Waals surface area contributed by atoms with Gasteiger partial charge in [0, 0.05) is 40.4 Å². The molecule has 0 aliphatic heterocycles. The molecule has 0 fully saturated rings. The molecule has 0 atom stereocenters. The molecule has 0 radical (unpaired) electrons. The zero-order chi connectivity index (χ0) is 22.8. The van der Waals surface area contributed by atoms with Crippen molar-refractivity contribution in [3.05, 3.63) is 95.8 Å². The van der Waals surface area contributed by atoms with Gasteiger partial charge in [0.05, 0.1) is 15.9 Å². The monoisotopic (exact) mass is 475 g/mol. The zero-order valence-electron chi connectivity index (χ0n) is 17.2. The molecule has 5 rings (SSSR count). The van der Waals surface area contributed by atoms with E-state index in [1.54, 1.807) is 18.2 Å². The quantitative estimate of drug-likeness (QED) is 0.326. The van der Waals surface area contributed by atoms with Crippen LogP contribution in [0.25, 0.3) is 21.8 Å². The van der Waals surface area contributed by atoms with E-state index in [2.05, 4.69) is 20.0 Å². The third-order valence-electron chi connectivity index (χ3n) is 5.18. The molecule has 0 aliphatic carbocycles. The lowest BCUT2D eigenvalue weighted by atomic mass is 10.0. The minimum absolute atomic E-state index is 0.0243. The van der Waals surface area contributed by atoms with Crippen LogP contribution in [0.5, 0.6) is 0 Å². The molecule has 0 aliphatic rings. The topological polar surface area (TPSA) is 96.9 Å². The Kier molecular flexibility index (Phi) is 5.53. The highest BCUT2D eigenvalue weighted by molar-refractivity contribution is 7.92. The van der Waals surface area contributed by atoms with Gasteiger partial charge in [-0.25, -0.2) is 28.1 Å². The number of sulfonamides is 1. The molecule has 2 N–H and O–H groups in total. The number of para-hydroxylation sites is 1. The van der Waals surface area contributed by atoms with Gasteiger partial charge in [0.15, 0.2) is 0 Å². The number of pyridine rings is 1. The number of aromatic nitrogens is 3. The Morgan fingerprint density at radius 2 is 1.55 bits per heavy atom. The predicted octanol–water partition coefficient (Wildman–Crippen LogP) is 5.24. The van der Waals surface area contributed by atoms with E-state index in [0.29, 0.717) is 11.6 Å². The summed E-state index contributed by atoms with van der Waals surface area (Å²) in [5.74, 6) is 0.0243. The van der Waals surface area contributed by atoms with Gasteiger partial charge in [0.25, 0.3) is 10.0 Å². The number of benzene rings is 3. The van der Waals surface area contributed by atoms with Crippen molar-refractivity contribution >= 4 is 55.1 Å². The van der Waals surface area contributed by atoms with Crippen molar-refractivity contribution in [3.63, 3.8) is 0 Å². The van der Waals surface area contributed by atoms with Gasteiger partial charge in [0.1, 0.15) is 0 Å². The molecule has 2 aromatic heterocycles. The molecule has 0 bridgehead atoms. The minimum Gasteiger partial charge on any atom is -0.381 e. The average molecular weight is 476 g/mol. The van der Waals surface area contributed by atoms with Gasteiger partial charge < -0.3 is 5.32 Å². The maximum Gasteiger partial charge on any atom is 0.264 e. The van der Waals surface area contributed by atoms with Gasteiger partial charge in [-0.05, 0) is 54.1 Å². The maximum absolute atomic E-state index is 12.6. The first kappa shape index (κ1) is 21.1. The second-order valence-corrected chi connectivity index (χ2v) is 9.44. The van der Waals surface area contributed by atoms with Crippen molar-refractivity contribution in [2.24, 2.45) is 0 Å². The SMILES string of the molecule is O=S(=O)(Nc1ncccn1)c1ccc(NCc2c3ccccc3nc3cc(Cl)ccc23)cc1. The van der Waals surface area contributed by atoms with Crippen LogP contribution in [-0.2, 0) is 16.6 Å². The van der Waals surface area contributed by atoms with Crippen molar-refractivity contribution in [2.75, 3.05) is 10.0 Å². The Morgan fingerprint density at radius 1 is 0.818 bits per heavy atom. The summed E-state index contributed by atoms with van der Waals surface area (Å²) in [4.78, 5) is 12.6. The van der Waals surface area contributed by atoms with E-state index in [-0.39, 0.29) is 10.8 Å². The molecule has 33 heavy (non-hydrogen) atoms. The Morgan fingerprint density at radius 3 is 2.33 bits per heavy atom. The molecule has 164 valence electrons. The molecule has 9 heteroatoms. The maximum atomic E-state index is 12.6. The Hall–Kier alpha value is -3.75. The van der Waals surface area contributed by atoms with Gasteiger partial charge in [-0.2, -0.15) is 0 Å². The Labute approximate surface area is 195 Å². The summed E-state index contributed by atoms with van der Waals surface area (Å²) in [7, 11) is -3.78. The van der Waals surface area contributed by atoms with Crippen molar-refractivity contribution in [3.8, 4) is 0 Å². The standard InChI is InChI=1S/C24H18ClN5O2S/c25-16-6-11-20-21(19-4-1-2-5-22(19)29-23(20)14-16)15-28-17-7-9-18(10-8-17)33(31,32)30-24-26-12-3-13-27-24/h1-14,28H,15H2,(H,26,27,30). The van der Waals surface area contributed by atoms with Crippen LogP contribution in [-0.4, -0.2) is 23.4 Å². The lowest BCUT2D eigenvalue weighted by Gasteiger charge is -2.13. The van der Waals surface area contributed by atoms with Crippen LogP contribution >= 0.6 is 11.6 Å². The predicted molar refractivity (Wildman–Crippen MR) is 131 cm³/mol. The van der Waals surface area contributed by atoms with E-state index in [1.165, 1.54) is 24.5 Å². The highest BCUT2D eigenvalue weighted by atomic mass is 35.5. The number of nitrogens with one attached hydrogen (secondary N) is 2. The first-order chi connectivity index (χ1) is 16.0. The van der Waals surface area contributed by atoms with Crippen LogP contribution in [0.2, 0.25) is 5.02 Å². The summed E-state index contributed by atoms with van der Waals surface area (Å²) in [6, 6.07) is 21.8. The van der Waals surface area contributed by atoms with E-state index < -0.39 is 10.0 Å². The van der Waals surface area contributed by atoms with Crippen molar-refractivity contribution < 1.29 is 8.42 Å². The van der Waals surface area contributed by atoms with Gasteiger partial charge in [-0.15, -0.1) is 0 Å². The molecule has 0 unspecified atom stereocenters. The highest BCUT2D eigenvalue weighted by Gasteiger charge is 2.15. The molecule has 7 nitrogen and oxygen atoms in total. The van der Waals surface area contributed by atoms with Crippen molar-refractivity contribution in [2.45, 2.75) is 11.4 Å². The molecule has 0 saturated carbocycles. The van der Waals surface area contributed by atoms with Crippen LogP contribution in [0, 0.1) is 0 Å². The van der Waals surface area contributed by atoms with Crippen molar-refractivity contribution in [1.29, 1.82) is 0 Å². The third-order valence-corrected chi connectivity index (χ3v) is 6.76. The fourth-order valence-electron chi connectivity index (χ4n) is 3.62. The summed E-state index contributed by atoms with van der Waals surface area (Å²) in [5, 5.41) is 6.08. The van der Waals surface area contributed by atoms with Gasteiger partial charge in [-0.1, -0.05) is 35.9 Å². The Bertz CT molecular complexity index is 1560. The van der Waals surface area contributed by atoms with Crippen LogP contribution in [0.1, 0.15) is 5.56 Å². The molecule has 3 aromatic carbocycles. The summed E-state index contributed by atoms with van der Waals surface area (Å²) in [6.45, 7) is 0.531. The van der Waals surface area contributed by atoms with E-state index in [4.69, 9.17) is 16.6 Å². The number of hydrogen-bond acceptors (Lipinski definition) is 6. The first-order valence-corrected chi connectivity index (χ1v) is 12.0. The summed E-state index contributed by atoms with van der Waals surface area (Å²) >= 11 is 6.18. The second kappa shape index (κ2) is 8.65. The number of rotatable bonds is 6. The summed E-state index contributed by atoms with van der Waals surface area (Å²) < 4.78 is 27.5. The lowest BCUT2D eigenvalue weighted by molar-refractivity contribution is 0.601. The fourth-order valence-corrected chi connectivity index (χ4v) is 4.74. The summed E-state index contributed by atoms with van der Waals surface area (Å²) in [6.07, 6.45) is 2.94. The molecule has 0 amide bonds. The molecular weight excluding hydrogens is 458 g/mol. The van der Waals surface area contributed by atoms with Gasteiger partial charge in [-0.3, -0.25) is 0 Å². The average Bonchev–Trinajstić information content (AvgIpc) is 2.82. The number of nitrogens with zero attached hydrogens (tertiary/aromatic N) is 3. The normalized spacial score (nSPS) is 11.5. The third kappa shape index (κ3) is 4.44. The Balaban J connectivity index is 1.41. The van der Waals surface area contributed by atoms with Gasteiger partial charge >= 0.3 is 0 Å². The van der Waals surface area contributed by atoms with E-state index in [1.807, 2.05) is 42.5 Å². The summed E-state index contributed by atoms with van der Waals surface area (Å²) in [5.41, 5.74) is 3.59. The largest absolute Gasteiger partial charge is 0.381 e. The molecular formula is C24H18ClN5O2S. The minimum atomic E-state index is -3.78.